The number of benzene rings is 1. The Bertz CT molecular complexity index is 1180. The highest BCUT2D eigenvalue weighted by molar-refractivity contribution is 5.99. The number of carbonyl (C=O) groups excluding carboxylic acids is 2. The SMILES string of the molecule is CC.CCC(C)Cc1cc2c(CN(C)C)c(O)ccc2nc1/C(C)=C/C1=C(C(C)=O)COC(=O)C1O. The highest BCUT2D eigenvalue weighted by Crippen LogP contribution is 2.33. The van der Waals surface area contributed by atoms with Crippen molar-refractivity contribution in [3.63, 3.8) is 0 Å². The molecule has 2 unspecified atom stereocenters. The molecule has 2 aromatic rings. The maximum absolute atomic E-state index is 12.1. The molecule has 3 rings (SSSR count). The van der Waals surface area contributed by atoms with Crippen LogP contribution in [0, 0.1) is 5.92 Å². The molecule has 196 valence electrons. The van der Waals surface area contributed by atoms with Crippen molar-refractivity contribution in [3.8, 4) is 5.75 Å². The van der Waals surface area contributed by atoms with E-state index >= 15 is 0 Å². The van der Waals surface area contributed by atoms with Gasteiger partial charge in [0.2, 0.25) is 0 Å². The van der Waals surface area contributed by atoms with Gasteiger partial charge in [0.1, 0.15) is 12.4 Å². The Morgan fingerprint density at radius 1 is 1.28 bits per heavy atom. The number of hydrogen-bond acceptors (Lipinski definition) is 7. The summed E-state index contributed by atoms with van der Waals surface area (Å²) < 4.78 is 4.95. The molecule has 0 fully saturated rings. The standard InChI is InChI=1S/C27H34N2O5.C2H6/c1-7-15(2)10-18-12-19-21(13-29(5)6)24(31)9-8-23(19)28-25(18)16(3)11-20-22(17(4)30)14-34-27(33)26(20)32;1-2/h8-9,11-12,15,26,31-32H,7,10,13-14H2,1-6H3;1-2H3/b16-11+;. The molecule has 1 aliphatic rings. The highest BCUT2D eigenvalue weighted by atomic mass is 16.5. The largest absolute Gasteiger partial charge is 0.508 e. The number of ketones is 1. The zero-order valence-corrected chi connectivity index (χ0v) is 22.8. The molecule has 1 aromatic heterocycles. The Balaban J connectivity index is 0.00000222. The number of aromatic nitrogens is 1. The zero-order chi connectivity index (χ0) is 27.2. The van der Waals surface area contributed by atoms with Gasteiger partial charge < -0.3 is 19.8 Å². The summed E-state index contributed by atoms with van der Waals surface area (Å²) >= 11 is 0. The van der Waals surface area contributed by atoms with Crippen LogP contribution in [0.2, 0.25) is 0 Å². The number of cyclic esters (lactones) is 1. The molecule has 36 heavy (non-hydrogen) atoms. The van der Waals surface area contributed by atoms with Crippen molar-refractivity contribution >= 4 is 28.2 Å². The van der Waals surface area contributed by atoms with Crippen molar-refractivity contribution in [1.29, 1.82) is 0 Å². The van der Waals surface area contributed by atoms with Crippen molar-refractivity contribution in [2.45, 2.75) is 67.0 Å². The lowest BCUT2D eigenvalue weighted by molar-refractivity contribution is -0.152. The number of aliphatic hydroxyl groups is 1. The summed E-state index contributed by atoms with van der Waals surface area (Å²) in [6, 6.07) is 5.54. The second kappa shape index (κ2) is 12.8. The summed E-state index contributed by atoms with van der Waals surface area (Å²) in [6.45, 7) is 12.0. The van der Waals surface area contributed by atoms with Gasteiger partial charge in [0, 0.05) is 28.6 Å². The van der Waals surface area contributed by atoms with Crippen molar-refractivity contribution < 1.29 is 24.5 Å². The number of rotatable bonds is 8. The van der Waals surface area contributed by atoms with Crippen molar-refractivity contribution in [3.05, 3.63) is 52.2 Å². The molecular weight excluding hydrogens is 456 g/mol. The predicted octanol–water partition coefficient (Wildman–Crippen LogP) is 4.82. The van der Waals surface area contributed by atoms with Gasteiger partial charge in [-0.15, -0.1) is 0 Å². The molecule has 0 saturated carbocycles. The van der Waals surface area contributed by atoms with Crippen molar-refractivity contribution in [2.24, 2.45) is 5.92 Å². The Labute approximate surface area is 214 Å². The quantitative estimate of drug-likeness (QED) is 0.505. The summed E-state index contributed by atoms with van der Waals surface area (Å²) in [5, 5.41) is 21.9. The number of aliphatic hydroxyl groups excluding tert-OH is 1. The van der Waals surface area contributed by atoms with Crippen LogP contribution in [0.25, 0.3) is 16.5 Å². The lowest BCUT2D eigenvalue weighted by atomic mass is 9.91. The van der Waals surface area contributed by atoms with Crippen LogP contribution >= 0.6 is 0 Å². The third-order valence-electron chi connectivity index (χ3n) is 6.30. The average molecular weight is 497 g/mol. The number of aromatic hydroxyl groups is 1. The average Bonchev–Trinajstić information content (AvgIpc) is 2.84. The smallest absolute Gasteiger partial charge is 0.340 e. The maximum Gasteiger partial charge on any atom is 0.340 e. The van der Waals surface area contributed by atoms with Gasteiger partial charge in [-0.05, 0) is 69.6 Å². The number of fused-ring (bicyclic) bond motifs is 1. The summed E-state index contributed by atoms with van der Waals surface area (Å²) in [6.07, 6.45) is 1.94. The normalized spacial score (nSPS) is 17.1. The molecule has 0 amide bonds. The second-order valence-corrected chi connectivity index (χ2v) is 9.41. The van der Waals surface area contributed by atoms with Crippen LogP contribution in [0.3, 0.4) is 0 Å². The van der Waals surface area contributed by atoms with E-state index in [9.17, 15) is 19.8 Å². The van der Waals surface area contributed by atoms with E-state index < -0.39 is 12.1 Å². The van der Waals surface area contributed by atoms with E-state index in [2.05, 4.69) is 19.9 Å². The molecule has 0 bridgehead atoms. The van der Waals surface area contributed by atoms with E-state index in [4.69, 9.17) is 9.72 Å². The summed E-state index contributed by atoms with van der Waals surface area (Å²) in [7, 11) is 3.90. The van der Waals surface area contributed by atoms with E-state index in [1.54, 1.807) is 18.2 Å². The molecule has 7 nitrogen and oxygen atoms in total. The number of ether oxygens (including phenoxy) is 1. The molecule has 1 aromatic carbocycles. The van der Waals surface area contributed by atoms with E-state index in [-0.39, 0.29) is 29.3 Å². The van der Waals surface area contributed by atoms with Gasteiger partial charge in [-0.1, -0.05) is 40.2 Å². The Morgan fingerprint density at radius 3 is 2.53 bits per heavy atom. The summed E-state index contributed by atoms with van der Waals surface area (Å²) in [5.41, 5.74) is 4.61. The van der Waals surface area contributed by atoms with E-state index in [1.165, 1.54) is 6.92 Å². The summed E-state index contributed by atoms with van der Waals surface area (Å²) in [5.74, 6) is -0.375. The molecule has 0 radical (unpaired) electrons. The number of nitrogens with zero attached hydrogens (tertiary/aromatic N) is 2. The van der Waals surface area contributed by atoms with Gasteiger partial charge in [0.05, 0.1) is 11.2 Å². The summed E-state index contributed by atoms with van der Waals surface area (Å²) in [4.78, 5) is 31.1. The molecule has 2 N–H and O–H groups in total. The molecule has 2 heterocycles. The van der Waals surface area contributed by atoms with Crippen LogP contribution in [0.15, 0.2) is 35.4 Å². The fourth-order valence-corrected chi connectivity index (χ4v) is 4.20. The van der Waals surface area contributed by atoms with Gasteiger partial charge in [0.25, 0.3) is 0 Å². The van der Waals surface area contributed by atoms with Crippen LogP contribution < -0.4 is 0 Å². The first kappa shape index (κ1) is 29.2. The van der Waals surface area contributed by atoms with E-state index in [1.807, 2.05) is 39.8 Å². The number of esters is 1. The minimum atomic E-state index is -1.51. The van der Waals surface area contributed by atoms with Crippen LogP contribution in [0.4, 0.5) is 0 Å². The minimum Gasteiger partial charge on any atom is -0.508 e. The lowest BCUT2D eigenvalue weighted by Gasteiger charge is -2.22. The van der Waals surface area contributed by atoms with E-state index in [0.717, 1.165) is 46.1 Å². The van der Waals surface area contributed by atoms with Crippen LogP contribution in [-0.2, 0) is 27.3 Å². The first-order valence-corrected chi connectivity index (χ1v) is 12.6. The van der Waals surface area contributed by atoms with Crippen molar-refractivity contribution in [2.75, 3.05) is 20.7 Å². The molecule has 0 saturated heterocycles. The topological polar surface area (TPSA) is 100.0 Å². The van der Waals surface area contributed by atoms with E-state index in [0.29, 0.717) is 12.5 Å². The van der Waals surface area contributed by atoms with Gasteiger partial charge in [0.15, 0.2) is 11.9 Å². The first-order chi connectivity index (χ1) is 17.0. The van der Waals surface area contributed by atoms with Gasteiger partial charge in [-0.25, -0.2) is 9.78 Å². The first-order valence-electron chi connectivity index (χ1n) is 12.6. The maximum atomic E-state index is 12.1. The molecular formula is C29H40N2O5. The highest BCUT2D eigenvalue weighted by Gasteiger charge is 2.31. The third-order valence-corrected chi connectivity index (χ3v) is 6.30. The number of Topliss-reactive ketones (excluding diaryl/α,β-unsaturated/α-hetero) is 1. The minimum absolute atomic E-state index is 0.150. The number of phenolic OH excluding ortho intramolecular Hbond substituents is 1. The second-order valence-electron chi connectivity index (χ2n) is 9.41. The predicted molar refractivity (Wildman–Crippen MR) is 144 cm³/mol. The molecule has 7 heteroatoms. The fourth-order valence-electron chi connectivity index (χ4n) is 4.20. The number of hydrogen-bond donors (Lipinski definition) is 2. The molecule has 0 aliphatic carbocycles. The van der Waals surface area contributed by atoms with Crippen molar-refractivity contribution in [1.82, 2.24) is 9.88 Å². The number of carbonyl (C=O) groups is 2. The number of phenols is 1. The van der Waals surface area contributed by atoms with Gasteiger partial charge in [-0.2, -0.15) is 0 Å². The molecule has 0 spiro atoms. The number of allylic oxidation sites excluding steroid dienone is 1. The van der Waals surface area contributed by atoms with Crippen LogP contribution in [0.5, 0.6) is 5.75 Å². The molecule has 2 atom stereocenters. The number of pyridine rings is 1. The Kier molecular flexibility index (Phi) is 10.4. The Morgan fingerprint density at radius 2 is 1.94 bits per heavy atom. The lowest BCUT2D eigenvalue weighted by Crippen LogP contribution is -2.33. The Hall–Kier alpha value is -3.03. The van der Waals surface area contributed by atoms with Gasteiger partial charge in [-0.3, -0.25) is 4.79 Å². The van der Waals surface area contributed by atoms with Crippen LogP contribution in [-0.4, -0.2) is 58.7 Å². The van der Waals surface area contributed by atoms with Crippen LogP contribution in [0.1, 0.15) is 64.8 Å². The molecule has 1 aliphatic heterocycles. The third kappa shape index (κ3) is 6.59. The van der Waals surface area contributed by atoms with Gasteiger partial charge >= 0.3 is 5.97 Å². The fraction of sp³-hybridized carbons (Fsp3) is 0.483. The monoisotopic (exact) mass is 496 g/mol. The zero-order valence-electron chi connectivity index (χ0n) is 22.8.